The van der Waals surface area contributed by atoms with Crippen LogP contribution in [0, 0.1) is 0 Å². The van der Waals surface area contributed by atoms with E-state index in [0.717, 1.165) is 22.7 Å². The lowest BCUT2D eigenvalue weighted by Crippen LogP contribution is -2.36. The highest BCUT2D eigenvalue weighted by atomic mass is 15.2. The van der Waals surface area contributed by atoms with Gasteiger partial charge in [0.2, 0.25) is 0 Å². The Morgan fingerprint density at radius 1 is 0.263 bits per heavy atom. The Kier molecular flexibility index (Phi) is 10.0. The van der Waals surface area contributed by atoms with E-state index in [4.69, 9.17) is 0 Å². The zero-order chi connectivity index (χ0) is 50.2. The van der Waals surface area contributed by atoms with Crippen LogP contribution in [-0.4, -0.2) is 0 Å². The molecule has 1 heterocycles. The Morgan fingerprint density at radius 2 is 0.684 bits per heavy atom. The van der Waals surface area contributed by atoms with E-state index in [1.54, 1.807) is 0 Å². The molecule has 0 unspecified atom stereocenters. The third kappa shape index (κ3) is 6.34. The van der Waals surface area contributed by atoms with E-state index < -0.39 is 10.8 Å². The zero-order valence-electron chi connectivity index (χ0n) is 41.8. The molecule has 2 aliphatic carbocycles. The summed E-state index contributed by atoms with van der Waals surface area (Å²) < 4.78 is 0. The maximum absolute atomic E-state index is 2.54. The van der Waals surface area contributed by atoms with E-state index in [9.17, 15) is 0 Å². The highest BCUT2D eigenvalue weighted by molar-refractivity contribution is 6.00. The second-order valence-electron chi connectivity index (χ2n) is 20.3. The Labute approximate surface area is 444 Å². The molecular formula is C74H50N2. The van der Waals surface area contributed by atoms with Crippen molar-refractivity contribution >= 4 is 34.1 Å². The van der Waals surface area contributed by atoms with E-state index in [-0.39, 0.29) is 0 Å². The van der Waals surface area contributed by atoms with E-state index in [0.29, 0.717) is 0 Å². The monoisotopic (exact) mass is 966 g/mol. The number of para-hydroxylation sites is 3. The first-order chi connectivity index (χ1) is 37.7. The third-order valence-corrected chi connectivity index (χ3v) is 16.6. The smallest absolute Gasteiger partial charge is 0.0755 e. The van der Waals surface area contributed by atoms with Gasteiger partial charge < -0.3 is 9.80 Å². The lowest BCUT2D eigenvalue weighted by Gasteiger charge is -2.45. The van der Waals surface area contributed by atoms with Crippen molar-refractivity contribution in [2.45, 2.75) is 10.8 Å². The van der Waals surface area contributed by atoms with Crippen LogP contribution in [0.1, 0.15) is 44.5 Å². The third-order valence-electron chi connectivity index (χ3n) is 16.6. The quantitative estimate of drug-likeness (QED) is 0.150. The van der Waals surface area contributed by atoms with Gasteiger partial charge in [-0.3, -0.25) is 0 Å². The van der Waals surface area contributed by atoms with Gasteiger partial charge in [0.15, 0.2) is 0 Å². The first-order valence-corrected chi connectivity index (χ1v) is 26.4. The molecule has 0 atom stereocenters. The largest absolute Gasteiger partial charge is 0.310 e. The SMILES string of the molecule is c1ccc(-c2ccc(-c3ccc(N(c4ccc5c(c4)C4(c6ccccc6-5)c5ccccc5N(c5ccccc5)c5ccccc54)c4cccc5c4-c4ccccc4C5(c4ccccc4)c4ccccc4)cc3)cc2)cc1. The van der Waals surface area contributed by atoms with Crippen LogP contribution in [-0.2, 0) is 10.8 Å². The van der Waals surface area contributed by atoms with Crippen molar-refractivity contribution in [2.75, 3.05) is 9.80 Å². The summed E-state index contributed by atoms with van der Waals surface area (Å²) >= 11 is 0. The molecule has 0 saturated heterocycles. The predicted molar refractivity (Wildman–Crippen MR) is 315 cm³/mol. The van der Waals surface area contributed by atoms with Gasteiger partial charge >= 0.3 is 0 Å². The van der Waals surface area contributed by atoms with Crippen molar-refractivity contribution in [3.05, 3.63) is 348 Å². The molecule has 0 radical (unpaired) electrons. The Balaban J connectivity index is 0.983. The maximum atomic E-state index is 2.54. The van der Waals surface area contributed by atoms with Crippen molar-refractivity contribution in [2.24, 2.45) is 0 Å². The van der Waals surface area contributed by atoms with Gasteiger partial charge in [0.05, 0.1) is 27.9 Å². The van der Waals surface area contributed by atoms with E-state index in [2.05, 4.69) is 313 Å². The molecule has 12 aromatic rings. The Hall–Kier alpha value is -9.76. The first kappa shape index (κ1) is 43.8. The summed E-state index contributed by atoms with van der Waals surface area (Å²) in [5, 5.41) is 0. The van der Waals surface area contributed by atoms with Crippen LogP contribution < -0.4 is 9.80 Å². The van der Waals surface area contributed by atoms with Crippen LogP contribution in [0.25, 0.3) is 44.5 Å². The summed E-state index contributed by atoms with van der Waals surface area (Å²) in [7, 11) is 0. The van der Waals surface area contributed by atoms with Crippen molar-refractivity contribution in [1.29, 1.82) is 0 Å². The zero-order valence-corrected chi connectivity index (χ0v) is 41.8. The van der Waals surface area contributed by atoms with Gasteiger partial charge in [0.25, 0.3) is 0 Å². The summed E-state index contributed by atoms with van der Waals surface area (Å²) in [5.74, 6) is 0. The Bertz CT molecular complexity index is 4060. The highest BCUT2D eigenvalue weighted by Gasteiger charge is 2.52. The summed E-state index contributed by atoms with van der Waals surface area (Å²) in [6, 6.07) is 113. The molecule has 356 valence electrons. The minimum absolute atomic E-state index is 0.560. The number of nitrogens with zero attached hydrogens (tertiary/aromatic N) is 2. The average Bonchev–Trinajstić information content (AvgIpc) is 4.14. The fourth-order valence-corrected chi connectivity index (χ4v) is 13.5. The maximum Gasteiger partial charge on any atom is 0.0755 e. The molecule has 2 nitrogen and oxygen atoms in total. The van der Waals surface area contributed by atoms with Gasteiger partial charge in [-0.2, -0.15) is 0 Å². The van der Waals surface area contributed by atoms with E-state index in [1.165, 1.54) is 100 Å². The van der Waals surface area contributed by atoms with Crippen molar-refractivity contribution in [3.63, 3.8) is 0 Å². The van der Waals surface area contributed by atoms with Gasteiger partial charge in [-0.25, -0.2) is 0 Å². The second-order valence-corrected chi connectivity index (χ2v) is 20.3. The topological polar surface area (TPSA) is 6.48 Å². The molecular weight excluding hydrogens is 917 g/mol. The fraction of sp³-hybridized carbons (Fsp3) is 0.0270. The van der Waals surface area contributed by atoms with Crippen molar-refractivity contribution in [3.8, 4) is 44.5 Å². The molecule has 0 bridgehead atoms. The van der Waals surface area contributed by atoms with Crippen LogP contribution in [0.2, 0.25) is 0 Å². The predicted octanol–water partition coefficient (Wildman–Crippen LogP) is 19.0. The molecule has 0 amide bonds. The highest BCUT2D eigenvalue weighted by Crippen LogP contribution is 2.65. The van der Waals surface area contributed by atoms with Crippen LogP contribution in [0.3, 0.4) is 0 Å². The molecule has 0 fully saturated rings. The van der Waals surface area contributed by atoms with Crippen LogP contribution in [0.15, 0.2) is 303 Å². The lowest BCUT2D eigenvalue weighted by atomic mass is 9.64. The molecule has 2 heteroatoms. The number of fused-ring (bicyclic) bond motifs is 12. The normalized spacial score (nSPS) is 13.7. The fourth-order valence-electron chi connectivity index (χ4n) is 13.5. The number of hydrogen-bond acceptors (Lipinski definition) is 2. The summed E-state index contributed by atoms with van der Waals surface area (Å²) in [5.41, 5.74) is 25.5. The summed E-state index contributed by atoms with van der Waals surface area (Å²) in [4.78, 5) is 5.00. The number of rotatable bonds is 8. The molecule has 12 aromatic carbocycles. The average molecular weight is 967 g/mol. The summed E-state index contributed by atoms with van der Waals surface area (Å²) in [6.07, 6.45) is 0. The minimum atomic E-state index is -0.622. The van der Waals surface area contributed by atoms with Crippen molar-refractivity contribution < 1.29 is 0 Å². The van der Waals surface area contributed by atoms with Gasteiger partial charge in [-0.15, -0.1) is 0 Å². The number of anilines is 6. The molecule has 0 aromatic heterocycles. The molecule has 1 aliphatic heterocycles. The molecule has 0 saturated carbocycles. The van der Waals surface area contributed by atoms with Gasteiger partial charge in [-0.05, 0) is 138 Å². The van der Waals surface area contributed by atoms with Crippen LogP contribution in [0.4, 0.5) is 34.1 Å². The first-order valence-electron chi connectivity index (χ1n) is 26.4. The Morgan fingerprint density at radius 3 is 1.28 bits per heavy atom. The van der Waals surface area contributed by atoms with Crippen LogP contribution >= 0.6 is 0 Å². The second kappa shape index (κ2) is 17.4. The molecule has 0 N–H and O–H groups in total. The molecule has 76 heavy (non-hydrogen) atoms. The van der Waals surface area contributed by atoms with Gasteiger partial charge in [-0.1, -0.05) is 249 Å². The lowest BCUT2D eigenvalue weighted by molar-refractivity contribution is 0.752. The van der Waals surface area contributed by atoms with Crippen molar-refractivity contribution in [1.82, 2.24) is 0 Å². The molecule has 15 rings (SSSR count). The van der Waals surface area contributed by atoms with Gasteiger partial charge in [0, 0.05) is 22.6 Å². The minimum Gasteiger partial charge on any atom is -0.310 e. The standard InChI is InChI=1S/C74H50N2/c1-5-22-51(23-6-1)52-40-42-53(43-41-52)54-44-46-58(47-45-54)75(71-39-21-36-67-72(71)62-31-14-16-33-64(62)73(67,55-24-7-2-8-25-55)56-26-9-3-10-27-56)59-48-49-61-60-30-13-15-32-63(60)74(68(61)50-59)65-34-17-19-37-69(65)76(57-28-11-4-12-29-57)70-38-20-18-35-66(70)74/h1-50H. The van der Waals surface area contributed by atoms with E-state index >= 15 is 0 Å². The van der Waals surface area contributed by atoms with Gasteiger partial charge in [0.1, 0.15) is 0 Å². The van der Waals surface area contributed by atoms with E-state index in [1.807, 2.05) is 0 Å². The van der Waals surface area contributed by atoms with Crippen LogP contribution in [0.5, 0.6) is 0 Å². The molecule has 3 aliphatic rings. The summed E-state index contributed by atoms with van der Waals surface area (Å²) in [6.45, 7) is 0. The molecule has 1 spiro atoms. The number of benzene rings is 12. The number of hydrogen-bond donors (Lipinski definition) is 0.